The van der Waals surface area contributed by atoms with E-state index in [1.807, 2.05) is 54.6 Å². The lowest BCUT2D eigenvalue weighted by atomic mass is 10.1. The molecule has 164 valence electrons. The predicted octanol–water partition coefficient (Wildman–Crippen LogP) is 2.13. The van der Waals surface area contributed by atoms with E-state index in [0.717, 1.165) is 22.5 Å². The van der Waals surface area contributed by atoms with Gasteiger partial charge in [0.15, 0.2) is 0 Å². The minimum Gasteiger partial charge on any atom is -0.379 e. The molecule has 0 aliphatic rings. The molecule has 4 N–H and O–H groups in total. The summed E-state index contributed by atoms with van der Waals surface area (Å²) >= 11 is 6.29. The molecule has 1 amide bonds. The number of aromatic nitrogens is 5. The zero-order chi connectivity index (χ0) is 22.3. The second-order valence-corrected chi connectivity index (χ2v) is 7.32. The molecular weight excluding hydrogens is 432 g/mol. The van der Waals surface area contributed by atoms with E-state index in [9.17, 15) is 4.79 Å². The van der Waals surface area contributed by atoms with Crippen molar-refractivity contribution >= 4 is 23.3 Å². The number of nitrogens with one attached hydrogen (secondary N) is 2. The summed E-state index contributed by atoms with van der Waals surface area (Å²) in [6.07, 6.45) is 0. The number of halogens is 1. The Balaban J connectivity index is 1.40. The average Bonchev–Trinajstić information content (AvgIpc) is 3.41. The number of nitrogen functional groups attached to an aromatic ring is 1. The zero-order valence-electron chi connectivity index (χ0n) is 17.0. The SMILES string of the molecule is Nc1nonc1C(=O)NCCNCc1nn(Cc2ccccc2Cl)nc1-c1ccccc1. The number of carbonyl (C=O) groups excluding carboxylic acids is 1. The average molecular weight is 453 g/mol. The Morgan fingerprint density at radius 2 is 1.81 bits per heavy atom. The van der Waals surface area contributed by atoms with Gasteiger partial charge in [-0.2, -0.15) is 15.0 Å². The summed E-state index contributed by atoms with van der Waals surface area (Å²) in [6, 6.07) is 17.5. The molecule has 0 aliphatic carbocycles. The molecule has 0 aliphatic heterocycles. The molecule has 0 bridgehead atoms. The lowest BCUT2D eigenvalue weighted by molar-refractivity contribution is 0.0944. The van der Waals surface area contributed by atoms with Crippen LogP contribution in [0.2, 0.25) is 5.02 Å². The molecule has 2 heterocycles. The molecule has 0 radical (unpaired) electrons. The summed E-state index contributed by atoms with van der Waals surface area (Å²) in [4.78, 5) is 13.6. The number of hydrogen-bond donors (Lipinski definition) is 3. The number of carbonyl (C=O) groups is 1. The van der Waals surface area contributed by atoms with E-state index in [1.165, 1.54) is 0 Å². The summed E-state index contributed by atoms with van der Waals surface area (Å²) < 4.78 is 4.43. The third-order valence-corrected chi connectivity index (χ3v) is 5.02. The van der Waals surface area contributed by atoms with Gasteiger partial charge in [-0.05, 0) is 21.9 Å². The van der Waals surface area contributed by atoms with Crippen LogP contribution in [0.4, 0.5) is 5.82 Å². The molecular formula is C21H21ClN8O2. The van der Waals surface area contributed by atoms with Gasteiger partial charge in [0, 0.05) is 30.2 Å². The van der Waals surface area contributed by atoms with Crippen LogP contribution in [-0.4, -0.2) is 44.3 Å². The van der Waals surface area contributed by atoms with E-state index < -0.39 is 5.91 Å². The molecule has 11 heteroatoms. The maximum atomic E-state index is 12.0. The van der Waals surface area contributed by atoms with Crippen molar-refractivity contribution in [3.8, 4) is 11.3 Å². The van der Waals surface area contributed by atoms with Gasteiger partial charge < -0.3 is 16.4 Å². The molecule has 4 rings (SSSR count). The monoisotopic (exact) mass is 452 g/mol. The van der Waals surface area contributed by atoms with E-state index in [4.69, 9.17) is 17.3 Å². The van der Waals surface area contributed by atoms with Crippen LogP contribution in [0, 0.1) is 0 Å². The Hall–Kier alpha value is -3.76. The van der Waals surface area contributed by atoms with E-state index in [2.05, 4.69) is 35.8 Å². The Morgan fingerprint density at radius 1 is 1.03 bits per heavy atom. The molecule has 0 fully saturated rings. The number of hydrogen-bond acceptors (Lipinski definition) is 8. The van der Waals surface area contributed by atoms with Crippen LogP contribution < -0.4 is 16.4 Å². The first-order chi connectivity index (χ1) is 15.6. The van der Waals surface area contributed by atoms with Gasteiger partial charge in [0.25, 0.3) is 5.91 Å². The lowest BCUT2D eigenvalue weighted by Gasteiger charge is -2.05. The van der Waals surface area contributed by atoms with Crippen molar-refractivity contribution in [3.05, 3.63) is 76.6 Å². The van der Waals surface area contributed by atoms with Crippen molar-refractivity contribution in [2.24, 2.45) is 0 Å². The molecule has 0 atom stereocenters. The number of anilines is 1. The molecule has 4 aromatic rings. The van der Waals surface area contributed by atoms with Crippen molar-refractivity contribution in [1.29, 1.82) is 0 Å². The third kappa shape index (κ3) is 5.10. The summed E-state index contributed by atoms with van der Waals surface area (Å²) in [6.45, 7) is 1.79. The fraction of sp³-hybridized carbons (Fsp3) is 0.190. The fourth-order valence-corrected chi connectivity index (χ4v) is 3.27. The number of rotatable bonds is 9. The van der Waals surface area contributed by atoms with Gasteiger partial charge in [0.05, 0.1) is 6.54 Å². The maximum Gasteiger partial charge on any atom is 0.277 e. The molecule has 0 spiro atoms. The molecule has 2 aromatic carbocycles. The van der Waals surface area contributed by atoms with Crippen molar-refractivity contribution in [1.82, 2.24) is 35.9 Å². The van der Waals surface area contributed by atoms with E-state index in [1.54, 1.807) is 4.80 Å². The number of nitrogens with zero attached hydrogens (tertiary/aromatic N) is 5. The van der Waals surface area contributed by atoms with Gasteiger partial charge in [0.2, 0.25) is 11.5 Å². The minimum atomic E-state index is -0.443. The topological polar surface area (TPSA) is 137 Å². The zero-order valence-corrected chi connectivity index (χ0v) is 17.8. The number of amides is 1. The van der Waals surface area contributed by atoms with Crippen LogP contribution in [0.25, 0.3) is 11.3 Å². The fourth-order valence-electron chi connectivity index (χ4n) is 3.08. The summed E-state index contributed by atoms with van der Waals surface area (Å²) in [5.41, 5.74) is 8.97. The van der Waals surface area contributed by atoms with Crippen LogP contribution in [0.1, 0.15) is 21.7 Å². The first-order valence-electron chi connectivity index (χ1n) is 9.91. The number of nitrogens with two attached hydrogens (primary N) is 1. The van der Waals surface area contributed by atoms with Crippen LogP contribution in [0.15, 0.2) is 59.2 Å². The van der Waals surface area contributed by atoms with Crippen molar-refractivity contribution in [3.63, 3.8) is 0 Å². The Bertz CT molecular complexity index is 1190. The van der Waals surface area contributed by atoms with Crippen molar-refractivity contribution in [2.45, 2.75) is 13.1 Å². The van der Waals surface area contributed by atoms with Gasteiger partial charge in [-0.3, -0.25) is 4.79 Å². The quantitative estimate of drug-likeness (QED) is 0.328. The van der Waals surface area contributed by atoms with E-state index in [-0.39, 0.29) is 11.5 Å². The largest absolute Gasteiger partial charge is 0.379 e. The van der Waals surface area contributed by atoms with Crippen LogP contribution >= 0.6 is 11.6 Å². The molecule has 0 saturated heterocycles. The molecule has 32 heavy (non-hydrogen) atoms. The lowest BCUT2D eigenvalue weighted by Crippen LogP contribution is -2.32. The highest BCUT2D eigenvalue weighted by Gasteiger charge is 2.16. The number of benzene rings is 2. The minimum absolute atomic E-state index is 0.0288. The van der Waals surface area contributed by atoms with Crippen molar-refractivity contribution < 1.29 is 9.42 Å². The first kappa shape index (κ1) is 21.5. The first-order valence-corrected chi connectivity index (χ1v) is 10.3. The second-order valence-electron chi connectivity index (χ2n) is 6.91. The third-order valence-electron chi connectivity index (χ3n) is 4.65. The molecule has 2 aromatic heterocycles. The van der Waals surface area contributed by atoms with Gasteiger partial charge >= 0.3 is 0 Å². The van der Waals surface area contributed by atoms with E-state index >= 15 is 0 Å². The molecule has 10 nitrogen and oxygen atoms in total. The normalized spacial score (nSPS) is 10.9. The van der Waals surface area contributed by atoms with Gasteiger partial charge in [-0.15, -0.1) is 0 Å². The maximum absolute atomic E-state index is 12.0. The molecule has 0 saturated carbocycles. The van der Waals surface area contributed by atoms with Crippen LogP contribution in [0.3, 0.4) is 0 Å². The Morgan fingerprint density at radius 3 is 2.56 bits per heavy atom. The second kappa shape index (κ2) is 10.0. The highest BCUT2D eigenvalue weighted by molar-refractivity contribution is 6.31. The smallest absolute Gasteiger partial charge is 0.277 e. The van der Waals surface area contributed by atoms with Gasteiger partial charge in [-0.25, -0.2) is 4.63 Å². The highest BCUT2D eigenvalue weighted by Crippen LogP contribution is 2.21. The van der Waals surface area contributed by atoms with Crippen molar-refractivity contribution in [2.75, 3.05) is 18.8 Å². The van der Waals surface area contributed by atoms with Crippen LogP contribution in [0.5, 0.6) is 0 Å². The van der Waals surface area contributed by atoms with Gasteiger partial charge in [-0.1, -0.05) is 60.1 Å². The highest BCUT2D eigenvalue weighted by atomic mass is 35.5. The van der Waals surface area contributed by atoms with Gasteiger partial charge in [0.1, 0.15) is 11.4 Å². The summed E-state index contributed by atoms with van der Waals surface area (Å²) in [5, 5.41) is 22.8. The van der Waals surface area contributed by atoms with Crippen LogP contribution in [-0.2, 0) is 13.1 Å². The standard InChI is InChI=1S/C21H21ClN8O2/c22-16-9-5-4-8-15(16)13-30-26-17(18(27-30)14-6-2-1-3-7-14)12-24-10-11-25-21(31)19-20(23)29-32-28-19/h1-9,24H,10-13H2,(H2,23,29)(H,25,31). The summed E-state index contributed by atoms with van der Waals surface area (Å²) in [5.74, 6) is -0.487. The Kier molecular flexibility index (Phi) is 6.73. The summed E-state index contributed by atoms with van der Waals surface area (Å²) in [7, 11) is 0. The predicted molar refractivity (Wildman–Crippen MR) is 119 cm³/mol. The molecule has 0 unspecified atom stereocenters. The van der Waals surface area contributed by atoms with E-state index in [0.29, 0.717) is 31.2 Å². The Labute approximate surface area is 188 Å².